The van der Waals surface area contributed by atoms with E-state index in [-0.39, 0.29) is 16.8 Å². The molecule has 1 saturated heterocycles. The smallest absolute Gasteiger partial charge is 0.322 e. The van der Waals surface area contributed by atoms with Gasteiger partial charge in [0.05, 0.1) is 11.3 Å². The number of carbonyl (C=O) groups is 2. The molecule has 1 atom stereocenters. The van der Waals surface area contributed by atoms with E-state index >= 15 is 0 Å². The second-order valence-corrected chi connectivity index (χ2v) is 8.92. The number of carbonyl (C=O) groups excluding carboxylic acids is 2. The SMILES string of the molecule is Cc1ccc(N2C(=O)CS[C@H]2c2cccc(NC(=O)c3cccc(C(F)(F)F)c3)c2)cc1C. The van der Waals surface area contributed by atoms with Crippen LogP contribution in [0.5, 0.6) is 0 Å². The quantitative estimate of drug-likeness (QED) is 0.483. The zero-order chi connectivity index (χ0) is 23.8. The summed E-state index contributed by atoms with van der Waals surface area (Å²) in [7, 11) is 0. The van der Waals surface area contributed by atoms with Crippen LogP contribution in [0.2, 0.25) is 0 Å². The molecule has 0 unspecified atom stereocenters. The van der Waals surface area contributed by atoms with E-state index in [0.717, 1.165) is 34.5 Å². The Morgan fingerprint density at radius 1 is 1.00 bits per heavy atom. The largest absolute Gasteiger partial charge is 0.416 e. The van der Waals surface area contributed by atoms with Gasteiger partial charge >= 0.3 is 6.18 Å². The Hall–Kier alpha value is -3.26. The van der Waals surface area contributed by atoms with E-state index in [1.165, 1.54) is 23.9 Å². The first-order valence-electron chi connectivity index (χ1n) is 10.2. The normalized spacial score (nSPS) is 16.2. The molecule has 8 heteroatoms. The molecule has 0 saturated carbocycles. The third kappa shape index (κ3) is 4.90. The Morgan fingerprint density at radius 2 is 1.76 bits per heavy atom. The van der Waals surface area contributed by atoms with Crippen molar-refractivity contribution >= 4 is 35.0 Å². The van der Waals surface area contributed by atoms with Crippen molar-refractivity contribution in [2.24, 2.45) is 0 Å². The highest BCUT2D eigenvalue weighted by Gasteiger charge is 2.34. The predicted molar refractivity (Wildman–Crippen MR) is 124 cm³/mol. The number of alkyl halides is 3. The predicted octanol–water partition coefficient (Wildman–Crippen LogP) is 6.35. The van der Waals surface area contributed by atoms with Gasteiger partial charge < -0.3 is 5.32 Å². The lowest BCUT2D eigenvalue weighted by atomic mass is 10.1. The van der Waals surface area contributed by atoms with Crippen molar-refractivity contribution in [3.05, 3.63) is 94.5 Å². The first-order valence-corrected chi connectivity index (χ1v) is 11.3. The van der Waals surface area contributed by atoms with E-state index < -0.39 is 17.6 Å². The zero-order valence-corrected chi connectivity index (χ0v) is 18.8. The molecule has 1 heterocycles. The van der Waals surface area contributed by atoms with Gasteiger partial charge in [0.15, 0.2) is 0 Å². The van der Waals surface area contributed by atoms with E-state index in [9.17, 15) is 22.8 Å². The number of amides is 2. The van der Waals surface area contributed by atoms with E-state index in [2.05, 4.69) is 5.32 Å². The lowest BCUT2D eigenvalue weighted by molar-refractivity contribution is -0.137. The summed E-state index contributed by atoms with van der Waals surface area (Å²) >= 11 is 1.48. The van der Waals surface area contributed by atoms with Crippen molar-refractivity contribution in [1.82, 2.24) is 0 Å². The average Bonchev–Trinajstić information content (AvgIpc) is 3.17. The molecule has 4 rings (SSSR count). The molecule has 3 aromatic rings. The lowest BCUT2D eigenvalue weighted by Gasteiger charge is -2.25. The average molecular weight is 471 g/mol. The molecule has 2 amide bonds. The molecular weight excluding hydrogens is 449 g/mol. The van der Waals surface area contributed by atoms with Crippen LogP contribution >= 0.6 is 11.8 Å². The maximum atomic E-state index is 13.0. The van der Waals surface area contributed by atoms with Crippen LogP contribution in [0.15, 0.2) is 66.7 Å². The Labute approximate surface area is 193 Å². The third-order valence-electron chi connectivity index (χ3n) is 5.52. The standard InChI is InChI=1S/C25H21F3N2O2S/c1-15-9-10-21(11-16(15)2)30-22(31)14-33-24(30)18-6-4-8-20(13-18)29-23(32)17-5-3-7-19(12-17)25(26,27)28/h3-13,24H,14H2,1-2H3,(H,29,32)/t24-/m0/s1. The fourth-order valence-corrected chi connectivity index (χ4v) is 4.80. The van der Waals surface area contributed by atoms with Crippen LogP contribution in [0.25, 0.3) is 0 Å². The van der Waals surface area contributed by atoms with Crippen LogP contribution in [-0.4, -0.2) is 17.6 Å². The summed E-state index contributed by atoms with van der Waals surface area (Å²) in [5.74, 6) is -0.315. The summed E-state index contributed by atoms with van der Waals surface area (Å²) in [6.07, 6.45) is -4.53. The van der Waals surface area contributed by atoms with Crippen LogP contribution < -0.4 is 10.2 Å². The van der Waals surface area contributed by atoms with Gasteiger partial charge in [-0.1, -0.05) is 24.3 Å². The number of nitrogens with one attached hydrogen (secondary N) is 1. The number of anilines is 2. The van der Waals surface area contributed by atoms with Gasteiger partial charge in [0.1, 0.15) is 5.37 Å². The van der Waals surface area contributed by atoms with Crippen molar-refractivity contribution in [3.8, 4) is 0 Å². The topological polar surface area (TPSA) is 49.4 Å². The second-order valence-electron chi connectivity index (χ2n) is 7.85. The van der Waals surface area contributed by atoms with Crippen LogP contribution in [0.1, 0.15) is 38.0 Å². The minimum atomic E-state index is -4.53. The summed E-state index contributed by atoms with van der Waals surface area (Å²) < 4.78 is 38.9. The molecule has 0 aliphatic carbocycles. The maximum Gasteiger partial charge on any atom is 0.416 e. The Kier molecular flexibility index (Phi) is 6.21. The summed E-state index contributed by atoms with van der Waals surface area (Å²) in [4.78, 5) is 27.0. The molecule has 0 radical (unpaired) electrons. The van der Waals surface area contributed by atoms with Gasteiger partial charge in [-0.05, 0) is 73.0 Å². The fourth-order valence-electron chi connectivity index (χ4n) is 3.64. The van der Waals surface area contributed by atoms with E-state index in [0.29, 0.717) is 11.4 Å². The summed E-state index contributed by atoms with van der Waals surface area (Å²) in [6, 6.07) is 17.2. The second kappa shape index (κ2) is 8.94. The maximum absolute atomic E-state index is 13.0. The molecule has 3 aromatic carbocycles. The van der Waals surface area contributed by atoms with Crippen LogP contribution in [0.4, 0.5) is 24.5 Å². The van der Waals surface area contributed by atoms with Gasteiger partial charge in [-0.25, -0.2) is 0 Å². The van der Waals surface area contributed by atoms with Crippen LogP contribution in [0, 0.1) is 13.8 Å². The number of hydrogen-bond donors (Lipinski definition) is 1. The number of benzene rings is 3. The number of aryl methyl sites for hydroxylation is 2. The van der Waals surface area contributed by atoms with Gasteiger partial charge in [0.25, 0.3) is 5.91 Å². The highest BCUT2D eigenvalue weighted by Crippen LogP contribution is 2.42. The first kappa shape index (κ1) is 22.9. The molecule has 0 spiro atoms. The Morgan fingerprint density at radius 3 is 2.48 bits per heavy atom. The van der Waals surface area contributed by atoms with Gasteiger partial charge in [0, 0.05) is 16.9 Å². The van der Waals surface area contributed by atoms with Crippen molar-refractivity contribution in [1.29, 1.82) is 0 Å². The first-order chi connectivity index (χ1) is 15.6. The molecule has 33 heavy (non-hydrogen) atoms. The molecular formula is C25H21F3N2O2S. The highest BCUT2D eigenvalue weighted by molar-refractivity contribution is 8.00. The van der Waals surface area contributed by atoms with Gasteiger partial charge in [-0.15, -0.1) is 11.8 Å². The minimum absolute atomic E-state index is 0.00772. The molecule has 1 fully saturated rings. The summed E-state index contributed by atoms with van der Waals surface area (Å²) in [5.41, 5.74) is 3.30. The molecule has 4 nitrogen and oxygen atoms in total. The molecule has 0 bridgehead atoms. The van der Waals surface area contributed by atoms with Crippen molar-refractivity contribution in [2.75, 3.05) is 16.0 Å². The minimum Gasteiger partial charge on any atom is -0.322 e. The van der Waals surface area contributed by atoms with Gasteiger partial charge in [-0.2, -0.15) is 13.2 Å². The van der Waals surface area contributed by atoms with E-state index in [1.807, 2.05) is 38.1 Å². The summed E-state index contributed by atoms with van der Waals surface area (Å²) in [6.45, 7) is 4.00. The van der Waals surface area contributed by atoms with Crippen molar-refractivity contribution in [3.63, 3.8) is 0 Å². The van der Waals surface area contributed by atoms with Gasteiger partial charge in [-0.3, -0.25) is 14.5 Å². The Bertz CT molecular complexity index is 1230. The monoisotopic (exact) mass is 470 g/mol. The highest BCUT2D eigenvalue weighted by atomic mass is 32.2. The van der Waals surface area contributed by atoms with Crippen molar-refractivity contribution < 1.29 is 22.8 Å². The molecule has 1 aliphatic heterocycles. The van der Waals surface area contributed by atoms with Gasteiger partial charge in [0.2, 0.25) is 5.91 Å². The lowest BCUT2D eigenvalue weighted by Crippen LogP contribution is -2.28. The fraction of sp³-hybridized carbons (Fsp3) is 0.200. The number of rotatable bonds is 4. The molecule has 1 N–H and O–H groups in total. The number of thioether (sulfide) groups is 1. The third-order valence-corrected chi connectivity index (χ3v) is 6.73. The zero-order valence-electron chi connectivity index (χ0n) is 17.9. The van der Waals surface area contributed by atoms with Crippen molar-refractivity contribution in [2.45, 2.75) is 25.4 Å². The molecule has 0 aromatic heterocycles. The number of nitrogens with zero attached hydrogens (tertiary/aromatic N) is 1. The van der Waals surface area contributed by atoms with Crippen LogP contribution in [0.3, 0.4) is 0 Å². The van der Waals surface area contributed by atoms with E-state index in [1.54, 1.807) is 23.1 Å². The molecule has 1 aliphatic rings. The summed E-state index contributed by atoms with van der Waals surface area (Å²) in [5, 5.41) is 2.39. The van der Waals surface area contributed by atoms with E-state index in [4.69, 9.17) is 0 Å². The number of halogens is 3. The van der Waals surface area contributed by atoms with Crippen LogP contribution in [-0.2, 0) is 11.0 Å². The Balaban J connectivity index is 1.58. The number of hydrogen-bond acceptors (Lipinski definition) is 3. The molecule has 170 valence electrons.